The Hall–Kier alpha value is -1.55. The summed E-state index contributed by atoms with van der Waals surface area (Å²) in [6.45, 7) is 2.32. The van der Waals surface area contributed by atoms with Crippen molar-refractivity contribution in [1.29, 1.82) is 0 Å². The minimum atomic E-state index is -0.327. The number of ether oxygens (including phenoxy) is 1. The second-order valence-corrected chi connectivity index (χ2v) is 3.70. The zero-order valence-electron chi connectivity index (χ0n) is 9.53. The number of hydrogen-bond acceptors (Lipinski definition) is 3. The molecule has 0 spiro atoms. The molecule has 0 aliphatic heterocycles. The maximum absolute atomic E-state index is 11.7. The first-order chi connectivity index (χ1) is 8.15. The van der Waals surface area contributed by atoms with Gasteiger partial charge in [0.1, 0.15) is 0 Å². The standard InChI is InChI=1S/C12H14ClNO3/c1-2-17-11(15)7-8-14-12(16)9-5-3-4-6-10(9)13/h3-6H,2,7-8H2,1H3,(H,14,16). The van der Waals surface area contributed by atoms with Crippen LogP contribution in [-0.2, 0) is 9.53 Å². The molecule has 1 amide bonds. The summed E-state index contributed by atoms with van der Waals surface area (Å²) in [7, 11) is 0. The van der Waals surface area contributed by atoms with Gasteiger partial charge in [-0.1, -0.05) is 23.7 Å². The van der Waals surface area contributed by atoms with Gasteiger partial charge in [-0.05, 0) is 19.1 Å². The topological polar surface area (TPSA) is 55.4 Å². The normalized spacial score (nSPS) is 9.76. The minimum absolute atomic E-state index is 0.157. The lowest BCUT2D eigenvalue weighted by Crippen LogP contribution is -2.26. The lowest BCUT2D eigenvalue weighted by Gasteiger charge is -2.06. The summed E-state index contributed by atoms with van der Waals surface area (Å²) >= 11 is 5.86. The first-order valence-electron chi connectivity index (χ1n) is 5.33. The smallest absolute Gasteiger partial charge is 0.307 e. The summed E-state index contributed by atoms with van der Waals surface area (Å²) in [5.41, 5.74) is 0.401. The molecule has 17 heavy (non-hydrogen) atoms. The van der Waals surface area contributed by atoms with E-state index in [9.17, 15) is 9.59 Å². The molecule has 0 aliphatic carbocycles. The molecule has 1 aromatic carbocycles. The number of rotatable bonds is 5. The molecule has 0 heterocycles. The lowest BCUT2D eigenvalue weighted by molar-refractivity contribution is -0.142. The Labute approximate surface area is 105 Å². The van der Waals surface area contributed by atoms with E-state index in [0.29, 0.717) is 17.2 Å². The van der Waals surface area contributed by atoms with Gasteiger partial charge in [-0.25, -0.2) is 0 Å². The fraction of sp³-hybridized carbons (Fsp3) is 0.333. The van der Waals surface area contributed by atoms with Crippen molar-refractivity contribution in [2.45, 2.75) is 13.3 Å². The Balaban J connectivity index is 2.41. The van der Waals surface area contributed by atoms with Crippen molar-refractivity contribution in [2.75, 3.05) is 13.2 Å². The monoisotopic (exact) mass is 255 g/mol. The SMILES string of the molecule is CCOC(=O)CCNC(=O)c1ccccc1Cl. The highest BCUT2D eigenvalue weighted by molar-refractivity contribution is 6.33. The van der Waals surface area contributed by atoms with E-state index in [2.05, 4.69) is 5.32 Å². The third-order valence-electron chi connectivity index (χ3n) is 2.04. The maximum atomic E-state index is 11.7. The number of esters is 1. The van der Waals surface area contributed by atoms with Crippen LogP contribution in [0.1, 0.15) is 23.7 Å². The Morgan fingerprint density at radius 3 is 2.71 bits per heavy atom. The molecule has 5 heteroatoms. The maximum Gasteiger partial charge on any atom is 0.307 e. The molecule has 92 valence electrons. The number of hydrogen-bond donors (Lipinski definition) is 1. The van der Waals surface area contributed by atoms with E-state index in [1.165, 1.54) is 0 Å². The second-order valence-electron chi connectivity index (χ2n) is 3.29. The van der Waals surface area contributed by atoms with E-state index < -0.39 is 0 Å². The van der Waals surface area contributed by atoms with Crippen molar-refractivity contribution >= 4 is 23.5 Å². The minimum Gasteiger partial charge on any atom is -0.466 e. The van der Waals surface area contributed by atoms with Crippen molar-refractivity contribution in [3.05, 3.63) is 34.9 Å². The molecule has 0 aromatic heterocycles. The van der Waals surface area contributed by atoms with Crippen molar-refractivity contribution in [3.8, 4) is 0 Å². The molecule has 0 bridgehead atoms. The summed E-state index contributed by atoms with van der Waals surface area (Å²) in [5.74, 6) is -0.619. The van der Waals surface area contributed by atoms with Crippen molar-refractivity contribution < 1.29 is 14.3 Å². The molecule has 0 radical (unpaired) electrons. The highest BCUT2D eigenvalue weighted by Crippen LogP contribution is 2.14. The van der Waals surface area contributed by atoms with E-state index in [1.807, 2.05) is 0 Å². The molecule has 4 nitrogen and oxygen atoms in total. The van der Waals surface area contributed by atoms with Crippen LogP contribution in [0.5, 0.6) is 0 Å². The summed E-state index contributed by atoms with van der Waals surface area (Å²) in [4.78, 5) is 22.7. The summed E-state index contributed by atoms with van der Waals surface area (Å²) < 4.78 is 4.74. The third kappa shape index (κ3) is 4.44. The molecule has 0 aliphatic rings. The molecule has 0 saturated carbocycles. The van der Waals surface area contributed by atoms with Gasteiger partial charge in [-0.15, -0.1) is 0 Å². The fourth-order valence-corrected chi connectivity index (χ4v) is 1.47. The van der Waals surface area contributed by atoms with E-state index in [0.717, 1.165) is 0 Å². The molecule has 1 N–H and O–H groups in total. The Morgan fingerprint density at radius 1 is 1.35 bits per heavy atom. The molecule has 0 atom stereocenters. The van der Waals surface area contributed by atoms with Crippen LogP contribution in [0.3, 0.4) is 0 Å². The van der Waals surface area contributed by atoms with Crippen LogP contribution in [-0.4, -0.2) is 25.0 Å². The predicted molar refractivity (Wildman–Crippen MR) is 65.0 cm³/mol. The lowest BCUT2D eigenvalue weighted by atomic mass is 10.2. The molecule has 1 rings (SSSR count). The number of amides is 1. The van der Waals surface area contributed by atoms with Gasteiger partial charge in [-0.2, -0.15) is 0 Å². The number of carbonyl (C=O) groups is 2. The highest BCUT2D eigenvalue weighted by atomic mass is 35.5. The van der Waals surface area contributed by atoms with Gasteiger partial charge in [0, 0.05) is 6.54 Å². The van der Waals surface area contributed by atoms with E-state index in [-0.39, 0.29) is 24.8 Å². The van der Waals surface area contributed by atoms with Crippen molar-refractivity contribution in [3.63, 3.8) is 0 Å². The third-order valence-corrected chi connectivity index (χ3v) is 2.37. The van der Waals surface area contributed by atoms with Crippen LogP contribution in [0.4, 0.5) is 0 Å². The molecule has 0 saturated heterocycles. The highest BCUT2D eigenvalue weighted by Gasteiger charge is 2.09. The van der Waals surface area contributed by atoms with E-state index in [1.54, 1.807) is 31.2 Å². The Kier molecular flexibility index (Phi) is 5.49. The average molecular weight is 256 g/mol. The number of carbonyl (C=O) groups excluding carboxylic acids is 2. The van der Waals surface area contributed by atoms with Crippen LogP contribution >= 0.6 is 11.6 Å². The summed E-state index contributed by atoms with van der Waals surface area (Å²) in [6.07, 6.45) is 0.157. The van der Waals surface area contributed by atoms with Gasteiger partial charge in [0.05, 0.1) is 23.6 Å². The van der Waals surface area contributed by atoms with Crippen molar-refractivity contribution in [1.82, 2.24) is 5.32 Å². The zero-order chi connectivity index (χ0) is 12.7. The number of halogens is 1. The Morgan fingerprint density at radius 2 is 2.06 bits per heavy atom. The largest absolute Gasteiger partial charge is 0.466 e. The first kappa shape index (κ1) is 13.5. The van der Waals surface area contributed by atoms with Gasteiger partial charge in [0.25, 0.3) is 5.91 Å². The van der Waals surface area contributed by atoms with Gasteiger partial charge in [-0.3, -0.25) is 9.59 Å². The van der Waals surface area contributed by atoms with Crippen LogP contribution in [0.25, 0.3) is 0 Å². The quantitative estimate of drug-likeness (QED) is 0.819. The van der Waals surface area contributed by atoms with E-state index in [4.69, 9.17) is 16.3 Å². The van der Waals surface area contributed by atoms with Gasteiger partial charge in [0.15, 0.2) is 0 Å². The molecular formula is C12H14ClNO3. The van der Waals surface area contributed by atoms with Gasteiger partial charge < -0.3 is 10.1 Å². The molecule has 1 aromatic rings. The van der Waals surface area contributed by atoms with Crippen LogP contribution in [0, 0.1) is 0 Å². The van der Waals surface area contributed by atoms with E-state index >= 15 is 0 Å². The summed E-state index contributed by atoms with van der Waals surface area (Å²) in [5, 5.41) is 2.99. The zero-order valence-corrected chi connectivity index (χ0v) is 10.3. The molecular weight excluding hydrogens is 242 g/mol. The van der Waals surface area contributed by atoms with Gasteiger partial charge >= 0.3 is 5.97 Å². The Bertz CT molecular complexity index is 406. The average Bonchev–Trinajstić information content (AvgIpc) is 2.29. The fourth-order valence-electron chi connectivity index (χ4n) is 1.25. The van der Waals surface area contributed by atoms with Crippen LogP contribution in [0.15, 0.2) is 24.3 Å². The molecule has 0 unspecified atom stereocenters. The summed E-state index contributed by atoms with van der Waals surface area (Å²) in [6, 6.07) is 6.74. The van der Waals surface area contributed by atoms with Crippen LogP contribution in [0.2, 0.25) is 5.02 Å². The van der Waals surface area contributed by atoms with Crippen molar-refractivity contribution in [2.24, 2.45) is 0 Å². The van der Waals surface area contributed by atoms with Gasteiger partial charge in [0.2, 0.25) is 0 Å². The number of benzene rings is 1. The molecule has 0 fully saturated rings. The first-order valence-corrected chi connectivity index (χ1v) is 5.71. The van der Waals surface area contributed by atoms with Crippen LogP contribution < -0.4 is 5.32 Å². The predicted octanol–water partition coefficient (Wildman–Crippen LogP) is 2.02. The number of nitrogens with one attached hydrogen (secondary N) is 1. The second kappa shape index (κ2) is 6.91.